The first kappa shape index (κ1) is 13.3. The molecule has 0 bridgehead atoms. The molecule has 3 nitrogen and oxygen atoms in total. The maximum absolute atomic E-state index is 10.2. The highest BCUT2D eigenvalue weighted by Crippen LogP contribution is 2.18. The van der Waals surface area contributed by atoms with Gasteiger partial charge in [0.05, 0.1) is 11.8 Å². The third-order valence-corrected chi connectivity index (χ3v) is 3.73. The molecule has 1 N–H and O–H groups in total. The Labute approximate surface area is 116 Å². The van der Waals surface area contributed by atoms with E-state index in [0.717, 1.165) is 21.4 Å². The molecule has 0 aliphatic heterocycles. The number of aliphatic hydroxyl groups excluding tert-OH is 1. The molecule has 4 heteroatoms. The molecule has 0 spiro atoms. The zero-order valence-electron chi connectivity index (χ0n) is 10.6. The lowest BCUT2D eigenvalue weighted by atomic mass is 10.0. The Balaban J connectivity index is 2.03. The quantitative estimate of drug-likeness (QED) is 0.943. The molecule has 0 aliphatic rings. The highest BCUT2D eigenvalue weighted by atomic mass is 79.9. The van der Waals surface area contributed by atoms with E-state index in [-0.39, 0.29) is 0 Å². The van der Waals surface area contributed by atoms with Crippen molar-refractivity contribution in [2.24, 2.45) is 7.05 Å². The maximum Gasteiger partial charge on any atom is 0.0636 e. The van der Waals surface area contributed by atoms with Crippen LogP contribution in [0.15, 0.2) is 34.8 Å². The molecule has 0 saturated carbocycles. The van der Waals surface area contributed by atoms with Gasteiger partial charge in [-0.15, -0.1) is 0 Å². The molecule has 1 unspecified atom stereocenters. The fourth-order valence-electron chi connectivity index (χ4n) is 2.09. The number of hydrogen-bond acceptors (Lipinski definition) is 2. The number of halogens is 1. The van der Waals surface area contributed by atoms with Crippen molar-refractivity contribution < 1.29 is 5.11 Å². The number of hydrogen-bond donors (Lipinski definition) is 1. The van der Waals surface area contributed by atoms with Gasteiger partial charge in [-0.05, 0) is 31.0 Å². The van der Waals surface area contributed by atoms with Crippen molar-refractivity contribution in [3.05, 3.63) is 51.8 Å². The first-order chi connectivity index (χ1) is 8.56. The summed E-state index contributed by atoms with van der Waals surface area (Å²) < 4.78 is 2.88. The van der Waals surface area contributed by atoms with Gasteiger partial charge >= 0.3 is 0 Å². The van der Waals surface area contributed by atoms with Crippen molar-refractivity contribution in [2.45, 2.75) is 25.9 Å². The monoisotopic (exact) mass is 308 g/mol. The van der Waals surface area contributed by atoms with Gasteiger partial charge in [0, 0.05) is 23.6 Å². The molecule has 0 saturated heterocycles. The van der Waals surface area contributed by atoms with Gasteiger partial charge in [0.2, 0.25) is 0 Å². The van der Waals surface area contributed by atoms with Gasteiger partial charge in [-0.1, -0.05) is 34.1 Å². The lowest BCUT2D eigenvalue weighted by Crippen LogP contribution is -2.16. The normalized spacial score (nSPS) is 12.7. The molecule has 2 aromatic rings. The van der Waals surface area contributed by atoms with Gasteiger partial charge in [-0.3, -0.25) is 4.68 Å². The van der Waals surface area contributed by atoms with Crippen LogP contribution in [-0.4, -0.2) is 21.0 Å². The van der Waals surface area contributed by atoms with E-state index >= 15 is 0 Å². The minimum Gasteiger partial charge on any atom is -0.392 e. The van der Waals surface area contributed by atoms with E-state index in [4.69, 9.17) is 0 Å². The van der Waals surface area contributed by atoms with E-state index < -0.39 is 6.10 Å². The van der Waals surface area contributed by atoms with Gasteiger partial charge in [0.25, 0.3) is 0 Å². The standard InChI is InChI=1S/C14H17BrN2O/c1-10-7-12(17(2)16-10)9-13(18)8-11-5-3-4-6-14(11)15/h3-7,13,18H,8-9H2,1-2H3. The summed E-state index contributed by atoms with van der Waals surface area (Å²) in [6, 6.07) is 10.0. The average Bonchev–Trinajstić information content (AvgIpc) is 2.61. The van der Waals surface area contributed by atoms with Crippen LogP contribution < -0.4 is 0 Å². The zero-order valence-corrected chi connectivity index (χ0v) is 12.2. The van der Waals surface area contributed by atoms with E-state index in [0.29, 0.717) is 12.8 Å². The molecule has 1 aromatic carbocycles. The minimum absolute atomic E-state index is 0.390. The molecule has 0 radical (unpaired) electrons. The van der Waals surface area contributed by atoms with E-state index in [9.17, 15) is 5.11 Å². The SMILES string of the molecule is Cc1cc(CC(O)Cc2ccccc2Br)n(C)n1. The molecule has 96 valence electrons. The van der Waals surface area contributed by atoms with Crippen LogP contribution in [0.25, 0.3) is 0 Å². The van der Waals surface area contributed by atoms with Crippen molar-refractivity contribution >= 4 is 15.9 Å². The smallest absolute Gasteiger partial charge is 0.0636 e. The Morgan fingerprint density at radius 3 is 2.67 bits per heavy atom. The van der Waals surface area contributed by atoms with Gasteiger partial charge in [-0.25, -0.2) is 0 Å². The molecule has 1 heterocycles. The van der Waals surface area contributed by atoms with Gasteiger partial charge in [-0.2, -0.15) is 5.10 Å². The Kier molecular flexibility index (Phi) is 4.19. The maximum atomic E-state index is 10.2. The Morgan fingerprint density at radius 2 is 2.06 bits per heavy atom. The third kappa shape index (κ3) is 3.21. The molecular formula is C14H17BrN2O. The second kappa shape index (κ2) is 5.67. The first-order valence-electron chi connectivity index (χ1n) is 5.97. The molecule has 0 fully saturated rings. The van der Waals surface area contributed by atoms with Crippen molar-refractivity contribution in [3.8, 4) is 0 Å². The van der Waals surface area contributed by atoms with Crippen LogP contribution >= 0.6 is 15.9 Å². The van der Waals surface area contributed by atoms with Crippen molar-refractivity contribution in [1.82, 2.24) is 9.78 Å². The first-order valence-corrected chi connectivity index (χ1v) is 6.76. The third-order valence-electron chi connectivity index (χ3n) is 2.96. The number of benzene rings is 1. The number of aryl methyl sites for hydroxylation is 2. The van der Waals surface area contributed by atoms with Gasteiger partial charge in [0.15, 0.2) is 0 Å². The zero-order chi connectivity index (χ0) is 13.1. The summed E-state index contributed by atoms with van der Waals surface area (Å²) in [6.07, 6.45) is 0.878. The molecular weight excluding hydrogens is 292 g/mol. The Bertz CT molecular complexity index is 536. The second-order valence-electron chi connectivity index (χ2n) is 4.55. The largest absolute Gasteiger partial charge is 0.392 e. The summed E-state index contributed by atoms with van der Waals surface area (Å²) in [6.45, 7) is 1.96. The highest BCUT2D eigenvalue weighted by Gasteiger charge is 2.11. The van der Waals surface area contributed by atoms with Gasteiger partial charge in [0.1, 0.15) is 0 Å². The molecule has 18 heavy (non-hydrogen) atoms. The topological polar surface area (TPSA) is 38.0 Å². The minimum atomic E-state index is -0.390. The lowest BCUT2D eigenvalue weighted by Gasteiger charge is -2.12. The highest BCUT2D eigenvalue weighted by molar-refractivity contribution is 9.10. The summed E-state index contributed by atoms with van der Waals surface area (Å²) in [5.41, 5.74) is 3.18. The Hall–Kier alpha value is -1.13. The predicted molar refractivity (Wildman–Crippen MR) is 75.5 cm³/mol. The number of rotatable bonds is 4. The molecule has 1 aromatic heterocycles. The fraction of sp³-hybridized carbons (Fsp3) is 0.357. The molecule has 0 amide bonds. The van der Waals surface area contributed by atoms with Crippen molar-refractivity contribution in [1.29, 1.82) is 0 Å². The number of aliphatic hydroxyl groups is 1. The lowest BCUT2D eigenvalue weighted by molar-refractivity contribution is 0.172. The number of aromatic nitrogens is 2. The van der Waals surface area contributed by atoms with Crippen LogP contribution in [0, 0.1) is 6.92 Å². The van der Waals surface area contributed by atoms with E-state index in [1.165, 1.54) is 0 Å². The molecule has 1 atom stereocenters. The van der Waals surface area contributed by atoms with Crippen LogP contribution in [0.1, 0.15) is 17.0 Å². The number of nitrogens with zero attached hydrogens (tertiary/aromatic N) is 2. The summed E-state index contributed by atoms with van der Waals surface area (Å²) in [4.78, 5) is 0. The van der Waals surface area contributed by atoms with Crippen LogP contribution in [0.2, 0.25) is 0 Å². The van der Waals surface area contributed by atoms with Crippen LogP contribution in [0.5, 0.6) is 0 Å². The van der Waals surface area contributed by atoms with Crippen molar-refractivity contribution in [3.63, 3.8) is 0 Å². The van der Waals surface area contributed by atoms with Crippen molar-refractivity contribution in [2.75, 3.05) is 0 Å². The van der Waals surface area contributed by atoms with E-state index in [1.54, 1.807) is 0 Å². The average molecular weight is 309 g/mol. The summed E-state index contributed by atoms with van der Waals surface area (Å²) in [7, 11) is 1.91. The molecule has 2 rings (SSSR count). The Morgan fingerprint density at radius 1 is 1.33 bits per heavy atom. The molecule has 0 aliphatic carbocycles. The van der Waals surface area contributed by atoms with Crippen LogP contribution in [0.4, 0.5) is 0 Å². The fourth-order valence-corrected chi connectivity index (χ4v) is 2.53. The predicted octanol–water partition coefficient (Wildman–Crippen LogP) is 2.64. The summed E-state index contributed by atoms with van der Waals surface area (Å²) in [5.74, 6) is 0. The van der Waals surface area contributed by atoms with Gasteiger partial charge < -0.3 is 5.11 Å². The van der Waals surface area contributed by atoms with E-state index in [2.05, 4.69) is 21.0 Å². The second-order valence-corrected chi connectivity index (χ2v) is 5.41. The van der Waals surface area contributed by atoms with E-state index in [1.807, 2.05) is 49.0 Å². The summed E-state index contributed by atoms with van der Waals surface area (Å²) >= 11 is 3.50. The van der Waals surface area contributed by atoms with Crippen LogP contribution in [0.3, 0.4) is 0 Å². The summed E-state index contributed by atoms with van der Waals surface area (Å²) in [5, 5.41) is 14.4. The van der Waals surface area contributed by atoms with Crippen LogP contribution in [-0.2, 0) is 19.9 Å².